The molecule has 1 unspecified atom stereocenters. The molecule has 0 fully saturated rings. The third-order valence-electron chi connectivity index (χ3n) is 3.84. The van der Waals surface area contributed by atoms with Gasteiger partial charge in [-0.15, -0.1) is 0 Å². The number of amides is 1. The SMILES string of the molecule is O=C(Nc1ccc(F)cc1)C(Cc1ccccn1)c1ccc(Cl)cc1. The molecule has 5 heteroatoms. The van der Waals surface area contributed by atoms with Crippen molar-refractivity contribution in [2.24, 2.45) is 0 Å². The fourth-order valence-electron chi connectivity index (χ4n) is 2.55. The molecule has 1 N–H and O–H groups in total. The van der Waals surface area contributed by atoms with Crippen molar-refractivity contribution in [3.63, 3.8) is 0 Å². The second-order valence-electron chi connectivity index (χ2n) is 5.63. The number of nitrogens with zero attached hydrogens (tertiary/aromatic N) is 1. The molecule has 0 bridgehead atoms. The molecule has 3 rings (SSSR count). The maximum Gasteiger partial charge on any atom is 0.232 e. The molecule has 0 spiro atoms. The zero-order valence-corrected chi connectivity index (χ0v) is 14.1. The summed E-state index contributed by atoms with van der Waals surface area (Å²) in [6.45, 7) is 0. The lowest BCUT2D eigenvalue weighted by atomic mass is 9.93. The van der Waals surface area contributed by atoms with Crippen molar-refractivity contribution in [2.75, 3.05) is 5.32 Å². The quantitative estimate of drug-likeness (QED) is 0.712. The van der Waals surface area contributed by atoms with Crippen LogP contribution in [0.5, 0.6) is 0 Å². The summed E-state index contributed by atoms with van der Waals surface area (Å²) in [7, 11) is 0. The third-order valence-corrected chi connectivity index (χ3v) is 4.09. The molecule has 1 amide bonds. The van der Waals surface area contributed by atoms with E-state index in [0.717, 1.165) is 11.3 Å². The van der Waals surface area contributed by atoms with Gasteiger partial charge < -0.3 is 5.32 Å². The van der Waals surface area contributed by atoms with E-state index in [2.05, 4.69) is 10.3 Å². The van der Waals surface area contributed by atoms with E-state index in [-0.39, 0.29) is 11.7 Å². The number of carbonyl (C=O) groups is 1. The molecule has 0 aliphatic heterocycles. The molecule has 2 aromatic carbocycles. The van der Waals surface area contributed by atoms with E-state index in [4.69, 9.17) is 11.6 Å². The number of anilines is 1. The van der Waals surface area contributed by atoms with Crippen LogP contribution in [0.4, 0.5) is 10.1 Å². The first kappa shape index (κ1) is 17.1. The Morgan fingerprint density at radius 3 is 2.40 bits per heavy atom. The minimum absolute atomic E-state index is 0.181. The van der Waals surface area contributed by atoms with Crippen molar-refractivity contribution in [2.45, 2.75) is 12.3 Å². The van der Waals surface area contributed by atoms with E-state index in [9.17, 15) is 9.18 Å². The number of nitrogens with one attached hydrogen (secondary N) is 1. The van der Waals surface area contributed by atoms with Crippen LogP contribution < -0.4 is 5.32 Å². The van der Waals surface area contributed by atoms with Crippen LogP contribution in [0, 0.1) is 5.82 Å². The fourth-order valence-corrected chi connectivity index (χ4v) is 2.67. The van der Waals surface area contributed by atoms with Crippen molar-refractivity contribution in [1.29, 1.82) is 0 Å². The van der Waals surface area contributed by atoms with Crippen LogP contribution in [0.1, 0.15) is 17.2 Å². The molecule has 3 nitrogen and oxygen atoms in total. The number of carbonyl (C=O) groups excluding carboxylic acids is 1. The predicted octanol–water partition coefficient (Wildman–Crippen LogP) is 4.84. The van der Waals surface area contributed by atoms with E-state index >= 15 is 0 Å². The molecule has 0 saturated heterocycles. The minimum atomic E-state index is -0.433. The molecular weight excluding hydrogens is 339 g/mol. The Bertz CT molecular complexity index is 836. The molecule has 1 atom stereocenters. The molecule has 25 heavy (non-hydrogen) atoms. The van der Waals surface area contributed by atoms with Crippen LogP contribution in [0.15, 0.2) is 72.9 Å². The van der Waals surface area contributed by atoms with Gasteiger partial charge in [0.15, 0.2) is 0 Å². The van der Waals surface area contributed by atoms with Crippen LogP contribution in [0.25, 0.3) is 0 Å². The average Bonchev–Trinajstić information content (AvgIpc) is 2.63. The van der Waals surface area contributed by atoms with Crippen LogP contribution >= 0.6 is 11.6 Å². The first-order valence-electron chi connectivity index (χ1n) is 7.83. The first-order valence-corrected chi connectivity index (χ1v) is 8.21. The summed E-state index contributed by atoms with van der Waals surface area (Å²) in [5.41, 5.74) is 2.21. The van der Waals surface area contributed by atoms with E-state index < -0.39 is 5.92 Å². The summed E-state index contributed by atoms with van der Waals surface area (Å²) in [6, 6.07) is 18.5. The number of pyridine rings is 1. The van der Waals surface area contributed by atoms with Crippen molar-refractivity contribution in [3.05, 3.63) is 95.0 Å². The topological polar surface area (TPSA) is 42.0 Å². The van der Waals surface area contributed by atoms with Gasteiger partial charge in [0.25, 0.3) is 0 Å². The Hall–Kier alpha value is -2.72. The molecule has 0 aliphatic rings. The van der Waals surface area contributed by atoms with Crippen LogP contribution in [0.2, 0.25) is 5.02 Å². The number of benzene rings is 2. The van der Waals surface area contributed by atoms with Crippen molar-refractivity contribution in [1.82, 2.24) is 4.98 Å². The third kappa shape index (κ3) is 4.64. The van der Waals surface area contributed by atoms with Gasteiger partial charge in [-0.2, -0.15) is 0 Å². The lowest BCUT2D eigenvalue weighted by Gasteiger charge is -2.17. The number of hydrogen-bond donors (Lipinski definition) is 1. The molecule has 0 saturated carbocycles. The summed E-state index contributed by atoms with van der Waals surface area (Å²) in [5, 5.41) is 3.45. The molecule has 1 heterocycles. The molecule has 3 aromatic rings. The van der Waals surface area contributed by atoms with Gasteiger partial charge in [0.05, 0.1) is 5.92 Å². The number of halogens is 2. The molecule has 0 aliphatic carbocycles. The van der Waals surface area contributed by atoms with Gasteiger partial charge in [0.2, 0.25) is 5.91 Å². The Balaban J connectivity index is 1.85. The zero-order chi connectivity index (χ0) is 17.6. The monoisotopic (exact) mass is 354 g/mol. The van der Waals surface area contributed by atoms with Gasteiger partial charge >= 0.3 is 0 Å². The predicted molar refractivity (Wildman–Crippen MR) is 97.2 cm³/mol. The first-order chi connectivity index (χ1) is 12.1. The standard InChI is InChI=1S/C20H16ClFN2O/c21-15-6-4-14(5-7-15)19(13-18-3-1-2-12-23-18)20(25)24-17-10-8-16(22)9-11-17/h1-12,19H,13H2,(H,24,25). The van der Waals surface area contributed by atoms with E-state index in [1.165, 1.54) is 24.3 Å². The van der Waals surface area contributed by atoms with Crippen molar-refractivity contribution in [3.8, 4) is 0 Å². The minimum Gasteiger partial charge on any atom is -0.326 e. The molecule has 126 valence electrons. The van der Waals surface area contributed by atoms with Gasteiger partial charge in [-0.1, -0.05) is 29.8 Å². The van der Waals surface area contributed by atoms with E-state index in [1.807, 2.05) is 30.3 Å². The molecular formula is C20H16ClFN2O. The normalized spacial score (nSPS) is 11.8. The van der Waals surface area contributed by atoms with Crippen molar-refractivity contribution < 1.29 is 9.18 Å². The Morgan fingerprint density at radius 1 is 1.04 bits per heavy atom. The van der Waals surface area contributed by atoms with Crippen molar-refractivity contribution >= 4 is 23.2 Å². The van der Waals surface area contributed by atoms with Crippen LogP contribution in [-0.4, -0.2) is 10.9 Å². The van der Waals surface area contributed by atoms with E-state index in [1.54, 1.807) is 18.3 Å². The van der Waals surface area contributed by atoms with Crippen LogP contribution in [-0.2, 0) is 11.2 Å². The highest BCUT2D eigenvalue weighted by atomic mass is 35.5. The van der Waals surface area contributed by atoms with Gasteiger partial charge in [-0.25, -0.2) is 4.39 Å². The summed E-state index contributed by atoms with van der Waals surface area (Å²) in [4.78, 5) is 17.1. The highest BCUT2D eigenvalue weighted by Crippen LogP contribution is 2.24. The lowest BCUT2D eigenvalue weighted by Crippen LogP contribution is -2.23. The second kappa shape index (κ2) is 7.90. The maximum absolute atomic E-state index is 13.0. The second-order valence-corrected chi connectivity index (χ2v) is 6.06. The van der Waals surface area contributed by atoms with Gasteiger partial charge in [-0.3, -0.25) is 9.78 Å². The average molecular weight is 355 g/mol. The highest BCUT2D eigenvalue weighted by molar-refractivity contribution is 6.30. The smallest absolute Gasteiger partial charge is 0.232 e. The molecule has 1 aromatic heterocycles. The van der Waals surface area contributed by atoms with Crippen LogP contribution in [0.3, 0.4) is 0 Å². The number of hydrogen-bond acceptors (Lipinski definition) is 2. The zero-order valence-electron chi connectivity index (χ0n) is 13.3. The summed E-state index contributed by atoms with van der Waals surface area (Å²) in [5.74, 6) is -0.961. The summed E-state index contributed by atoms with van der Waals surface area (Å²) < 4.78 is 13.0. The largest absolute Gasteiger partial charge is 0.326 e. The maximum atomic E-state index is 13.0. The Morgan fingerprint density at radius 2 is 1.76 bits per heavy atom. The highest BCUT2D eigenvalue weighted by Gasteiger charge is 2.22. The summed E-state index contributed by atoms with van der Waals surface area (Å²) >= 11 is 5.95. The van der Waals surface area contributed by atoms with Gasteiger partial charge in [0, 0.05) is 29.0 Å². The number of rotatable bonds is 5. The Kier molecular flexibility index (Phi) is 5.41. The molecule has 0 radical (unpaired) electrons. The lowest BCUT2D eigenvalue weighted by molar-refractivity contribution is -0.117. The van der Waals surface area contributed by atoms with Gasteiger partial charge in [-0.05, 0) is 54.1 Å². The Labute approximate surface area is 150 Å². The van der Waals surface area contributed by atoms with E-state index in [0.29, 0.717) is 17.1 Å². The van der Waals surface area contributed by atoms with Gasteiger partial charge in [0.1, 0.15) is 5.82 Å². The fraction of sp³-hybridized carbons (Fsp3) is 0.100. The summed E-state index contributed by atoms with van der Waals surface area (Å²) in [6.07, 6.45) is 2.15. The number of aromatic nitrogens is 1.